The highest BCUT2D eigenvalue weighted by atomic mass is 32.1. The number of hydrogen-bond acceptors (Lipinski definition) is 6. The maximum absolute atomic E-state index is 13.5. The zero-order valence-electron chi connectivity index (χ0n) is 16.0. The van der Waals surface area contributed by atoms with Gasteiger partial charge in [0.05, 0.1) is 16.3 Å². The van der Waals surface area contributed by atoms with E-state index in [4.69, 9.17) is 4.74 Å². The number of nitrogens with zero attached hydrogens (tertiary/aromatic N) is 4. The van der Waals surface area contributed by atoms with Gasteiger partial charge in [-0.2, -0.15) is 0 Å². The second-order valence-corrected chi connectivity index (χ2v) is 9.02. The molecule has 5 heterocycles. The zero-order chi connectivity index (χ0) is 19.4. The molecule has 1 amide bonds. The number of amides is 1. The summed E-state index contributed by atoms with van der Waals surface area (Å²) in [6.45, 7) is 1.54. The van der Waals surface area contributed by atoms with Crippen molar-refractivity contribution in [2.45, 2.75) is 43.6 Å². The molecule has 29 heavy (non-hydrogen) atoms. The van der Waals surface area contributed by atoms with Gasteiger partial charge in [0.1, 0.15) is 18.4 Å². The Labute approximate surface area is 173 Å². The van der Waals surface area contributed by atoms with Gasteiger partial charge in [-0.3, -0.25) is 4.79 Å². The molecule has 3 aromatic rings. The van der Waals surface area contributed by atoms with E-state index in [-0.39, 0.29) is 18.2 Å². The van der Waals surface area contributed by atoms with E-state index in [1.54, 1.807) is 17.7 Å². The predicted octanol–water partition coefficient (Wildman–Crippen LogP) is 3.75. The van der Waals surface area contributed by atoms with Gasteiger partial charge < -0.3 is 14.5 Å². The van der Waals surface area contributed by atoms with Crippen LogP contribution < -0.4 is 4.90 Å². The normalized spacial score (nSPS) is 25.9. The molecule has 3 aliphatic heterocycles. The van der Waals surface area contributed by atoms with Crippen LogP contribution in [0.5, 0.6) is 0 Å². The lowest BCUT2D eigenvalue weighted by atomic mass is 9.89. The van der Waals surface area contributed by atoms with Gasteiger partial charge in [0, 0.05) is 25.9 Å². The number of fused-ring (bicyclic) bond motifs is 2. The van der Waals surface area contributed by atoms with E-state index in [9.17, 15) is 4.79 Å². The number of piperidine rings is 1. The monoisotopic (exact) mass is 406 g/mol. The third kappa shape index (κ3) is 2.60. The van der Waals surface area contributed by atoms with Gasteiger partial charge in [-0.25, -0.2) is 9.97 Å². The number of carbonyl (C=O) groups is 1. The first-order chi connectivity index (χ1) is 14.3. The molecule has 6 rings (SSSR count). The molecule has 3 fully saturated rings. The Hall–Kier alpha value is -2.51. The van der Waals surface area contributed by atoms with E-state index in [0.717, 1.165) is 42.0 Å². The fourth-order valence-electron chi connectivity index (χ4n) is 5.13. The highest BCUT2D eigenvalue weighted by molar-refractivity contribution is 7.17. The molecule has 0 bridgehead atoms. The Morgan fingerprint density at radius 3 is 2.72 bits per heavy atom. The average molecular weight is 407 g/mol. The van der Waals surface area contributed by atoms with Crippen LogP contribution in [0.2, 0.25) is 0 Å². The van der Waals surface area contributed by atoms with Crippen molar-refractivity contribution in [1.82, 2.24) is 14.9 Å². The van der Waals surface area contributed by atoms with Gasteiger partial charge in [-0.1, -0.05) is 30.3 Å². The molecule has 0 saturated carbocycles. The van der Waals surface area contributed by atoms with E-state index in [1.165, 1.54) is 5.56 Å². The first-order valence-electron chi connectivity index (χ1n) is 10.2. The van der Waals surface area contributed by atoms with Crippen molar-refractivity contribution in [2.24, 2.45) is 0 Å². The van der Waals surface area contributed by atoms with Crippen LogP contribution in [0, 0.1) is 0 Å². The lowest BCUT2D eigenvalue weighted by Crippen LogP contribution is -2.50. The Balaban J connectivity index is 1.23. The van der Waals surface area contributed by atoms with Crippen LogP contribution in [-0.4, -0.2) is 45.7 Å². The molecule has 0 radical (unpaired) electrons. The summed E-state index contributed by atoms with van der Waals surface area (Å²) < 4.78 is 7.57. The van der Waals surface area contributed by atoms with Crippen LogP contribution in [0.3, 0.4) is 0 Å². The standard InChI is InChI=1S/C22H22N4O2S/c27-21-22(28-18-7-6-17(26(18)21)15-4-2-1-3-5-15)9-11-25(12-10-22)20-19-16(8-13-29-19)23-14-24-20/h1-5,8,13-14,17-18H,6-7,9-12H2. The minimum atomic E-state index is -0.670. The second-order valence-electron chi connectivity index (χ2n) is 8.10. The smallest absolute Gasteiger partial charge is 0.257 e. The Morgan fingerprint density at radius 2 is 1.90 bits per heavy atom. The van der Waals surface area contributed by atoms with E-state index in [0.29, 0.717) is 12.8 Å². The van der Waals surface area contributed by atoms with E-state index in [1.807, 2.05) is 29.2 Å². The first-order valence-corrected chi connectivity index (χ1v) is 11.1. The quantitative estimate of drug-likeness (QED) is 0.649. The maximum atomic E-state index is 13.5. The van der Waals surface area contributed by atoms with Crippen molar-refractivity contribution < 1.29 is 9.53 Å². The Kier molecular flexibility index (Phi) is 3.89. The van der Waals surface area contributed by atoms with Gasteiger partial charge in [-0.05, 0) is 29.9 Å². The van der Waals surface area contributed by atoms with Gasteiger partial charge >= 0.3 is 0 Å². The summed E-state index contributed by atoms with van der Waals surface area (Å²) in [5.74, 6) is 1.16. The van der Waals surface area contributed by atoms with E-state index < -0.39 is 5.60 Å². The third-order valence-corrected chi connectivity index (χ3v) is 7.50. The highest BCUT2D eigenvalue weighted by Crippen LogP contribution is 2.48. The number of rotatable bonds is 2. The van der Waals surface area contributed by atoms with Crippen molar-refractivity contribution in [2.75, 3.05) is 18.0 Å². The van der Waals surface area contributed by atoms with Crippen molar-refractivity contribution in [3.8, 4) is 0 Å². The van der Waals surface area contributed by atoms with Crippen molar-refractivity contribution >= 4 is 33.3 Å². The van der Waals surface area contributed by atoms with Crippen molar-refractivity contribution in [3.05, 3.63) is 53.7 Å². The molecule has 0 N–H and O–H groups in total. The first kappa shape index (κ1) is 17.4. The number of ether oxygens (including phenoxy) is 1. The molecule has 6 nitrogen and oxygen atoms in total. The molecule has 148 valence electrons. The number of benzene rings is 1. The number of anilines is 1. The van der Waals surface area contributed by atoms with E-state index >= 15 is 0 Å². The Bertz CT molecular complexity index is 1060. The fourth-order valence-corrected chi connectivity index (χ4v) is 5.99. The summed E-state index contributed by atoms with van der Waals surface area (Å²) in [6.07, 6.45) is 4.85. The largest absolute Gasteiger partial charge is 0.355 e. The molecule has 2 unspecified atom stereocenters. The predicted molar refractivity (Wildman–Crippen MR) is 112 cm³/mol. The minimum Gasteiger partial charge on any atom is -0.355 e. The lowest BCUT2D eigenvalue weighted by Gasteiger charge is -2.38. The van der Waals surface area contributed by atoms with Gasteiger partial charge in [-0.15, -0.1) is 11.3 Å². The SMILES string of the molecule is O=C1N2C(CCC2c2ccccc2)OC12CCN(c1ncnc3ccsc13)CC2. The van der Waals surface area contributed by atoms with Gasteiger partial charge in [0.15, 0.2) is 5.60 Å². The van der Waals surface area contributed by atoms with Crippen LogP contribution in [-0.2, 0) is 9.53 Å². The summed E-state index contributed by atoms with van der Waals surface area (Å²) in [5.41, 5.74) is 1.53. The van der Waals surface area contributed by atoms with Crippen molar-refractivity contribution in [3.63, 3.8) is 0 Å². The molecule has 3 saturated heterocycles. The van der Waals surface area contributed by atoms with E-state index in [2.05, 4.69) is 32.4 Å². The van der Waals surface area contributed by atoms with Crippen molar-refractivity contribution in [1.29, 1.82) is 0 Å². The maximum Gasteiger partial charge on any atom is 0.257 e. The molecule has 3 aliphatic rings. The molecule has 0 aliphatic carbocycles. The third-order valence-electron chi connectivity index (χ3n) is 6.60. The van der Waals surface area contributed by atoms with Crippen LogP contribution in [0.4, 0.5) is 5.82 Å². The molecule has 2 aromatic heterocycles. The topological polar surface area (TPSA) is 58.6 Å². The summed E-state index contributed by atoms with van der Waals surface area (Å²) in [4.78, 5) is 26.7. The Morgan fingerprint density at radius 1 is 1.07 bits per heavy atom. The number of carbonyl (C=O) groups excluding carboxylic acids is 1. The molecule has 2 atom stereocenters. The van der Waals surface area contributed by atoms with Crippen LogP contribution in [0.1, 0.15) is 37.3 Å². The molecular weight excluding hydrogens is 384 g/mol. The molecular formula is C22H22N4O2S. The van der Waals surface area contributed by atoms with Gasteiger partial charge in [0.2, 0.25) is 0 Å². The van der Waals surface area contributed by atoms with Gasteiger partial charge in [0.25, 0.3) is 5.91 Å². The molecule has 7 heteroatoms. The van der Waals surface area contributed by atoms with Crippen LogP contribution in [0.15, 0.2) is 48.1 Å². The van der Waals surface area contributed by atoms with Crippen LogP contribution >= 0.6 is 11.3 Å². The second kappa shape index (κ2) is 6.50. The number of aromatic nitrogens is 2. The highest BCUT2D eigenvalue weighted by Gasteiger charge is 2.58. The van der Waals surface area contributed by atoms with Crippen LogP contribution in [0.25, 0.3) is 10.2 Å². The summed E-state index contributed by atoms with van der Waals surface area (Å²) >= 11 is 1.67. The molecule has 1 aromatic carbocycles. The summed E-state index contributed by atoms with van der Waals surface area (Å²) in [7, 11) is 0. The molecule has 1 spiro atoms. The zero-order valence-corrected chi connectivity index (χ0v) is 16.8. The average Bonchev–Trinajstić information content (AvgIpc) is 3.46. The summed E-state index contributed by atoms with van der Waals surface area (Å²) in [6, 6.07) is 12.5. The fraction of sp³-hybridized carbons (Fsp3) is 0.409. The lowest BCUT2D eigenvalue weighted by molar-refractivity contribution is -0.140. The number of hydrogen-bond donors (Lipinski definition) is 0. The summed E-state index contributed by atoms with van der Waals surface area (Å²) in [5, 5.41) is 2.05. The number of thiophene rings is 1. The minimum absolute atomic E-state index is 0.0812.